The first-order chi connectivity index (χ1) is 12.5. The molecule has 1 aromatic heterocycles. The van der Waals surface area contributed by atoms with Gasteiger partial charge >= 0.3 is 0 Å². The van der Waals surface area contributed by atoms with Crippen LogP contribution >= 0.6 is 11.3 Å². The first-order valence-electron chi connectivity index (χ1n) is 9.36. The number of thiophene rings is 1. The van der Waals surface area contributed by atoms with Gasteiger partial charge in [-0.25, -0.2) is 0 Å². The third-order valence-electron chi connectivity index (χ3n) is 5.13. The highest BCUT2D eigenvalue weighted by atomic mass is 32.1. The first kappa shape index (κ1) is 19.1. The molecule has 3 rings (SSSR count). The molecule has 1 aromatic carbocycles. The molecule has 140 valence electrons. The van der Waals surface area contributed by atoms with Crippen LogP contribution in [0.5, 0.6) is 0 Å². The maximum absolute atomic E-state index is 12.5. The van der Waals surface area contributed by atoms with Crippen LogP contribution in [0.1, 0.15) is 28.0 Å². The topological polar surface area (TPSA) is 35.6 Å². The first-order valence-corrected chi connectivity index (χ1v) is 10.2. The van der Waals surface area contributed by atoms with Crippen molar-refractivity contribution in [1.29, 1.82) is 0 Å². The normalized spacial score (nSPS) is 16.4. The third kappa shape index (κ3) is 4.93. The number of hydrogen-bond donors (Lipinski definition) is 1. The monoisotopic (exact) mass is 371 g/mol. The largest absolute Gasteiger partial charge is 0.324 e. The van der Waals surface area contributed by atoms with Crippen LogP contribution < -0.4 is 5.32 Å². The van der Waals surface area contributed by atoms with Crippen molar-refractivity contribution < 1.29 is 4.79 Å². The molecule has 0 unspecified atom stereocenters. The fourth-order valence-corrected chi connectivity index (χ4v) is 4.45. The summed E-state index contributed by atoms with van der Waals surface area (Å²) in [6, 6.07) is 8.30. The fourth-order valence-electron chi connectivity index (χ4n) is 3.50. The number of carbonyl (C=O) groups excluding carboxylic acids is 1. The van der Waals surface area contributed by atoms with Gasteiger partial charge in [0.15, 0.2) is 0 Å². The number of aryl methyl sites for hydroxylation is 3. The molecule has 1 fully saturated rings. The Balaban J connectivity index is 1.51. The number of amides is 1. The lowest BCUT2D eigenvalue weighted by Gasteiger charge is -2.21. The van der Waals surface area contributed by atoms with E-state index in [1.807, 2.05) is 43.4 Å². The molecule has 0 spiro atoms. The van der Waals surface area contributed by atoms with Gasteiger partial charge in [-0.05, 0) is 68.4 Å². The summed E-state index contributed by atoms with van der Waals surface area (Å²) in [7, 11) is 0. The lowest BCUT2D eigenvalue weighted by atomic mass is 10.1. The Morgan fingerprint density at radius 2 is 1.69 bits per heavy atom. The predicted octanol–water partition coefficient (Wildman–Crippen LogP) is 3.82. The van der Waals surface area contributed by atoms with Crippen LogP contribution in [0.2, 0.25) is 0 Å². The molecule has 0 atom stereocenters. The van der Waals surface area contributed by atoms with E-state index in [4.69, 9.17) is 0 Å². The SMILES string of the molecule is Cc1ccsc1CN1CCCN(CC(=O)Nc2c(C)cccc2C)CC1. The summed E-state index contributed by atoms with van der Waals surface area (Å²) in [6.07, 6.45) is 1.11. The number of benzene rings is 1. The molecular weight excluding hydrogens is 342 g/mol. The Bertz CT molecular complexity index is 735. The molecule has 1 aliphatic heterocycles. The smallest absolute Gasteiger partial charge is 0.238 e. The molecule has 1 aliphatic rings. The van der Waals surface area contributed by atoms with Crippen molar-refractivity contribution in [1.82, 2.24) is 9.80 Å². The van der Waals surface area contributed by atoms with Gasteiger partial charge in [0.1, 0.15) is 0 Å². The fraction of sp³-hybridized carbons (Fsp3) is 0.476. The molecule has 4 nitrogen and oxygen atoms in total. The minimum absolute atomic E-state index is 0.0879. The molecule has 0 bridgehead atoms. The average molecular weight is 372 g/mol. The van der Waals surface area contributed by atoms with Gasteiger partial charge in [0.05, 0.1) is 6.54 Å². The highest BCUT2D eigenvalue weighted by molar-refractivity contribution is 7.10. The van der Waals surface area contributed by atoms with Crippen LogP contribution in [0, 0.1) is 20.8 Å². The van der Waals surface area contributed by atoms with Gasteiger partial charge in [0.25, 0.3) is 0 Å². The molecule has 0 radical (unpaired) electrons. The van der Waals surface area contributed by atoms with Crippen molar-refractivity contribution in [3.05, 3.63) is 51.2 Å². The number of rotatable bonds is 5. The molecule has 26 heavy (non-hydrogen) atoms. The van der Waals surface area contributed by atoms with Gasteiger partial charge in [-0.1, -0.05) is 18.2 Å². The summed E-state index contributed by atoms with van der Waals surface area (Å²) >= 11 is 1.85. The molecule has 0 aliphatic carbocycles. The Morgan fingerprint density at radius 3 is 2.38 bits per heavy atom. The molecule has 2 aromatic rings. The highest BCUT2D eigenvalue weighted by Gasteiger charge is 2.18. The second kappa shape index (κ2) is 8.80. The van der Waals surface area contributed by atoms with Gasteiger partial charge in [-0.2, -0.15) is 0 Å². The van der Waals surface area contributed by atoms with Crippen molar-refractivity contribution in [3.8, 4) is 0 Å². The summed E-state index contributed by atoms with van der Waals surface area (Å²) in [6.45, 7) is 11.8. The van der Waals surface area contributed by atoms with Crippen molar-refractivity contribution in [2.45, 2.75) is 33.7 Å². The molecule has 1 amide bonds. The van der Waals surface area contributed by atoms with Crippen LogP contribution in [0.15, 0.2) is 29.6 Å². The highest BCUT2D eigenvalue weighted by Crippen LogP contribution is 2.20. The zero-order valence-corrected chi connectivity index (χ0v) is 16.9. The second-order valence-corrected chi connectivity index (χ2v) is 8.25. The number of nitrogens with one attached hydrogen (secondary N) is 1. The lowest BCUT2D eigenvalue weighted by molar-refractivity contribution is -0.117. The number of carbonyl (C=O) groups is 1. The van der Waals surface area contributed by atoms with E-state index < -0.39 is 0 Å². The maximum atomic E-state index is 12.5. The second-order valence-electron chi connectivity index (χ2n) is 7.25. The third-order valence-corrected chi connectivity index (χ3v) is 6.14. The Labute approximate surface area is 160 Å². The van der Waals surface area contributed by atoms with Crippen LogP contribution in [0.4, 0.5) is 5.69 Å². The maximum Gasteiger partial charge on any atom is 0.238 e. The number of para-hydroxylation sites is 1. The molecule has 5 heteroatoms. The van der Waals surface area contributed by atoms with Gasteiger partial charge in [-0.3, -0.25) is 14.6 Å². The molecular formula is C21H29N3OS. The number of nitrogens with zero attached hydrogens (tertiary/aromatic N) is 2. The number of hydrogen-bond acceptors (Lipinski definition) is 4. The molecule has 1 N–H and O–H groups in total. The van der Waals surface area contributed by atoms with E-state index >= 15 is 0 Å². The summed E-state index contributed by atoms with van der Waals surface area (Å²) in [5.74, 6) is 0.0879. The standard InChI is InChI=1S/C21H29N3OS/c1-16-8-13-26-19(16)14-23-9-5-10-24(12-11-23)15-20(25)22-21-17(2)6-4-7-18(21)3/h4,6-8,13H,5,9-12,14-15H2,1-3H3,(H,22,25). The van der Waals surface area contributed by atoms with Crippen molar-refractivity contribution in [2.75, 3.05) is 38.0 Å². The number of anilines is 1. The minimum atomic E-state index is 0.0879. The molecule has 1 saturated heterocycles. The molecule has 0 saturated carbocycles. The van der Waals surface area contributed by atoms with E-state index in [0.717, 1.165) is 56.0 Å². The van der Waals surface area contributed by atoms with Crippen LogP contribution in [-0.2, 0) is 11.3 Å². The Hall–Kier alpha value is -1.69. The summed E-state index contributed by atoms with van der Waals surface area (Å²) in [5, 5.41) is 5.28. The van der Waals surface area contributed by atoms with E-state index in [0.29, 0.717) is 6.54 Å². The van der Waals surface area contributed by atoms with Crippen molar-refractivity contribution in [3.63, 3.8) is 0 Å². The van der Waals surface area contributed by atoms with E-state index in [1.54, 1.807) is 0 Å². The van der Waals surface area contributed by atoms with Crippen LogP contribution in [0.25, 0.3) is 0 Å². The zero-order chi connectivity index (χ0) is 18.5. The average Bonchev–Trinajstić information content (AvgIpc) is 2.87. The van der Waals surface area contributed by atoms with E-state index in [9.17, 15) is 4.79 Å². The van der Waals surface area contributed by atoms with Gasteiger partial charge in [-0.15, -0.1) is 11.3 Å². The van der Waals surface area contributed by atoms with E-state index in [1.165, 1.54) is 10.4 Å². The molecule has 2 heterocycles. The Kier molecular flexibility index (Phi) is 6.46. The van der Waals surface area contributed by atoms with E-state index in [2.05, 4.69) is 33.5 Å². The van der Waals surface area contributed by atoms with Crippen molar-refractivity contribution in [2.24, 2.45) is 0 Å². The summed E-state index contributed by atoms with van der Waals surface area (Å²) in [4.78, 5) is 18.8. The van der Waals surface area contributed by atoms with Crippen molar-refractivity contribution >= 4 is 22.9 Å². The minimum Gasteiger partial charge on any atom is -0.324 e. The van der Waals surface area contributed by atoms with Crippen LogP contribution in [-0.4, -0.2) is 48.4 Å². The van der Waals surface area contributed by atoms with Gasteiger partial charge in [0.2, 0.25) is 5.91 Å². The van der Waals surface area contributed by atoms with Crippen LogP contribution in [0.3, 0.4) is 0 Å². The van der Waals surface area contributed by atoms with Gasteiger partial charge in [0, 0.05) is 30.2 Å². The zero-order valence-electron chi connectivity index (χ0n) is 16.0. The summed E-state index contributed by atoms with van der Waals surface area (Å²) in [5.41, 5.74) is 4.59. The van der Waals surface area contributed by atoms with E-state index in [-0.39, 0.29) is 5.91 Å². The lowest BCUT2D eigenvalue weighted by Crippen LogP contribution is -2.36. The predicted molar refractivity (Wildman–Crippen MR) is 110 cm³/mol. The Morgan fingerprint density at radius 1 is 1.00 bits per heavy atom. The summed E-state index contributed by atoms with van der Waals surface area (Å²) < 4.78 is 0. The van der Waals surface area contributed by atoms with Gasteiger partial charge < -0.3 is 5.32 Å². The quantitative estimate of drug-likeness (QED) is 0.868.